The zero-order valence-electron chi connectivity index (χ0n) is 10.1. The van der Waals surface area contributed by atoms with Crippen LogP contribution < -0.4 is 0 Å². The van der Waals surface area contributed by atoms with Gasteiger partial charge in [-0.05, 0) is 11.8 Å². The second-order valence-corrected chi connectivity index (χ2v) is 3.78. The molecule has 0 nitrogen and oxygen atoms in total. The van der Waals surface area contributed by atoms with Crippen molar-refractivity contribution in [2.45, 2.75) is 52.4 Å². The molecule has 0 amide bonds. The molecular formula is C10H22Mg. The Hall–Kier alpha value is 0.766. The van der Waals surface area contributed by atoms with Crippen LogP contribution in [0.1, 0.15) is 55.2 Å². The van der Waals surface area contributed by atoms with Crippen LogP contribution in [0, 0.1) is 11.8 Å². The van der Waals surface area contributed by atoms with Crippen molar-refractivity contribution in [1.29, 1.82) is 0 Å². The second-order valence-electron chi connectivity index (χ2n) is 3.78. The van der Waals surface area contributed by atoms with Gasteiger partial charge in [-0.25, -0.2) is 0 Å². The fourth-order valence-electron chi connectivity index (χ4n) is 2.04. The van der Waals surface area contributed by atoms with E-state index in [-0.39, 0.29) is 25.9 Å². The molecule has 1 unspecified atom stereocenters. The Morgan fingerprint density at radius 2 is 1.82 bits per heavy atom. The van der Waals surface area contributed by atoms with Crippen molar-refractivity contribution in [3.63, 3.8) is 0 Å². The van der Waals surface area contributed by atoms with Gasteiger partial charge in [0.1, 0.15) is 0 Å². The summed E-state index contributed by atoms with van der Waals surface area (Å²) in [4.78, 5) is 0. The molecule has 0 radical (unpaired) electrons. The van der Waals surface area contributed by atoms with Gasteiger partial charge in [0.05, 0.1) is 0 Å². The Morgan fingerprint density at radius 1 is 1.27 bits per heavy atom. The zero-order chi connectivity index (χ0) is 7.40. The van der Waals surface area contributed by atoms with Gasteiger partial charge in [0.15, 0.2) is 0 Å². The topological polar surface area (TPSA) is 0 Å². The van der Waals surface area contributed by atoms with Crippen LogP contribution in [0.15, 0.2) is 0 Å². The van der Waals surface area contributed by atoms with E-state index in [0.29, 0.717) is 0 Å². The van der Waals surface area contributed by atoms with E-state index in [2.05, 4.69) is 13.8 Å². The van der Waals surface area contributed by atoms with Crippen LogP contribution in [-0.2, 0) is 0 Å². The SMILES string of the molecule is CCC(C)C1CCCCC1.[H-].[H-].[Mg+2]. The molecule has 0 heterocycles. The van der Waals surface area contributed by atoms with Gasteiger partial charge in [0.25, 0.3) is 0 Å². The van der Waals surface area contributed by atoms with Crippen LogP contribution in [0.25, 0.3) is 0 Å². The Labute approximate surface area is 90.3 Å². The molecule has 1 aliphatic rings. The number of rotatable bonds is 2. The first-order valence-electron chi connectivity index (χ1n) is 4.84. The van der Waals surface area contributed by atoms with Crippen LogP contribution in [0.5, 0.6) is 0 Å². The largest absolute Gasteiger partial charge is 2.00 e. The molecule has 0 saturated heterocycles. The van der Waals surface area contributed by atoms with Crippen LogP contribution >= 0.6 is 0 Å². The fraction of sp³-hybridized carbons (Fsp3) is 1.00. The van der Waals surface area contributed by atoms with Crippen molar-refractivity contribution < 1.29 is 2.85 Å². The Kier molecular flexibility index (Phi) is 6.74. The summed E-state index contributed by atoms with van der Waals surface area (Å²) in [5.41, 5.74) is 0. The Bertz CT molecular complexity index is 92.9. The maximum absolute atomic E-state index is 2.41. The van der Waals surface area contributed by atoms with Crippen molar-refractivity contribution >= 4 is 23.1 Å². The van der Waals surface area contributed by atoms with Crippen molar-refractivity contribution in [3.8, 4) is 0 Å². The number of hydrogen-bond acceptors (Lipinski definition) is 0. The first kappa shape index (κ1) is 11.8. The molecule has 0 aliphatic heterocycles. The van der Waals surface area contributed by atoms with Gasteiger partial charge in [-0.1, -0.05) is 52.4 Å². The third-order valence-corrected chi connectivity index (χ3v) is 3.10. The summed E-state index contributed by atoms with van der Waals surface area (Å²) in [7, 11) is 0. The van der Waals surface area contributed by atoms with E-state index in [1.165, 1.54) is 38.5 Å². The molecule has 0 bridgehead atoms. The average molecular weight is 167 g/mol. The van der Waals surface area contributed by atoms with Crippen LogP contribution in [-0.4, -0.2) is 23.1 Å². The molecule has 0 aromatic carbocycles. The molecule has 1 rings (SSSR count). The van der Waals surface area contributed by atoms with Crippen LogP contribution in [0.2, 0.25) is 0 Å². The predicted molar refractivity (Wildman–Crippen MR) is 54.0 cm³/mol. The third-order valence-electron chi connectivity index (χ3n) is 3.10. The molecule has 1 aliphatic carbocycles. The van der Waals surface area contributed by atoms with Gasteiger partial charge in [-0.2, -0.15) is 0 Å². The first-order chi connectivity index (χ1) is 4.84. The van der Waals surface area contributed by atoms with Crippen LogP contribution in [0.4, 0.5) is 0 Å². The molecule has 0 aromatic rings. The minimum absolute atomic E-state index is 0. The van der Waals surface area contributed by atoms with Gasteiger partial charge in [0, 0.05) is 0 Å². The van der Waals surface area contributed by atoms with E-state index in [1.54, 1.807) is 0 Å². The van der Waals surface area contributed by atoms with E-state index in [9.17, 15) is 0 Å². The Balaban J connectivity index is -0.000000333. The van der Waals surface area contributed by atoms with E-state index in [0.717, 1.165) is 11.8 Å². The zero-order valence-corrected chi connectivity index (χ0v) is 9.52. The van der Waals surface area contributed by atoms with Crippen molar-refractivity contribution in [1.82, 2.24) is 0 Å². The van der Waals surface area contributed by atoms with Gasteiger partial charge < -0.3 is 2.85 Å². The maximum atomic E-state index is 2.41. The quantitative estimate of drug-likeness (QED) is 0.551. The van der Waals surface area contributed by atoms with E-state index < -0.39 is 0 Å². The first-order valence-corrected chi connectivity index (χ1v) is 4.84. The smallest absolute Gasteiger partial charge is 1.00 e. The summed E-state index contributed by atoms with van der Waals surface area (Å²) < 4.78 is 0. The number of hydrogen-bond donors (Lipinski definition) is 0. The summed E-state index contributed by atoms with van der Waals surface area (Å²) >= 11 is 0. The van der Waals surface area contributed by atoms with E-state index >= 15 is 0 Å². The molecule has 0 N–H and O–H groups in total. The monoisotopic (exact) mass is 166 g/mol. The Morgan fingerprint density at radius 3 is 2.27 bits per heavy atom. The summed E-state index contributed by atoms with van der Waals surface area (Å²) in [6, 6.07) is 0. The minimum atomic E-state index is 0. The van der Waals surface area contributed by atoms with Crippen molar-refractivity contribution in [3.05, 3.63) is 0 Å². The molecule has 1 heteroatoms. The van der Waals surface area contributed by atoms with Crippen LogP contribution in [0.3, 0.4) is 0 Å². The van der Waals surface area contributed by atoms with Crippen molar-refractivity contribution in [2.75, 3.05) is 0 Å². The molecular weight excluding hydrogens is 144 g/mol. The summed E-state index contributed by atoms with van der Waals surface area (Å²) in [5, 5.41) is 0. The fourth-order valence-corrected chi connectivity index (χ4v) is 2.04. The van der Waals surface area contributed by atoms with Gasteiger partial charge in [-0.3, -0.25) is 0 Å². The molecule has 64 valence electrons. The maximum Gasteiger partial charge on any atom is 2.00 e. The molecule has 1 atom stereocenters. The average Bonchev–Trinajstić information content (AvgIpc) is 2.05. The van der Waals surface area contributed by atoms with E-state index in [4.69, 9.17) is 0 Å². The standard InChI is InChI=1S/C10H20.Mg.2H/c1-3-9(2)10-7-5-4-6-8-10;;;/h9-10H,3-8H2,1-2H3;;;/q;+2;2*-1. The van der Waals surface area contributed by atoms with Gasteiger partial charge in [-0.15, -0.1) is 0 Å². The summed E-state index contributed by atoms with van der Waals surface area (Å²) in [6.07, 6.45) is 8.88. The second kappa shape index (κ2) is 6.30. The summed E-state index contributed by atoms with van der Waals surface area (Å²) in [6.45, 7) is 4.73. The van der Waals surface area contributed by atoms with E-state index in [1.807, 2.05) is 0 Å². The normalized spacial score (nSPS) is 22.4. The van der Waals surface area contributed by atoms with Gasteiger partial charge in [0.2, 0.25) is 0 Å². The molecule has 11 heavy (non-hydrogen) atoms. The molecule has 0 spiro atoms. The third kappa shape index (κ3) is 3.79. The minimum Gasteiger partial charge on any atom is -1.00 e. The predicted octanol–water partition coefficient (Wildman–Crippen LogP) is 3.46. The molecule has 0 aromatic heterocycles. The summed E-state index contributed by atoms with van der Waals surface area (Å²) in [5.74, 6) is 2.05. The molecule has 1 saturated carbocycles. The molecule has 1 fully saturated rings. The van der Waals surface area contributed by atoms with Gasteiger partial charge >= 0.3 is 23.1 Å². The van der Waals surface area contributed by atoms with Crippen molar-refractivity contribution in [2.24, 2.45) is 11.8 Å².